The minimum Gasteiger partial charge on any atom is -0.496 e. The Kier molecular flexibility index (Phi) is 2.42. The lowest BCUT2D eigenvalue weighted by Gasteiger charge is -2.10. The van der Waals surface area contributed by atoms with E-state index in [1.54, 1.807) is 7.11 Å². The standard InChI is InChI=1S/C14H13BrO2/c1-14(8-17-14)10-4-5-11-9(7-10)3-6-12(16-2)13(11)15/h3-7H,8H2,1-2H3. The highest BCUT2D eigenvalue weighted by atomic mass is 79.9. The van der Waals surface area contributed by atoms with Crippen molar-refractivity contribution < 1.29 is 9.47 Å². The van der Waals surface area contributed by atoms with Gasteiger partial charge in [-0.25, -0.2) is 0 Å². The number of hydrogen-bond donors (Lipinski definition) is 0. The molecule has 17 heavy (non-hydrogen) atoms. The largest absolute Gasteiger partial charge is 0.496 e. The first-order valence-corrected chi connectivity index (χ1v) is 6.34. The van der Waals surface area contributed by atoms with Crippen molar-refractivity contribution in [3.8, 4) is 5.75 Å². The van der Waals surface area contributed by atoms with Gasteiger partial charge in [0.2, 0.25) is 0 Å². The zero-order valence-corrected chi connectivity index (χ0v) is 11.4. The first-order valence-electron chi connectivity index (χ1n) is 5.55. The van der Waals surface area contributed by atoms with E-state index in [2.05, 4.69) is 47.1 Å². The molecule has 1 saturated heterocycles. The van der Waals surface area contributed by atoms with E-state index in [1.807, 2.05) is 6.07 Å². The van der Waals surface area contributed by atoms with E-state index in [4.69, 9.17) is 9.47 Å². The molecule has 0 N–H and O–H groups in total. The molecular weight excluding hydrogens is 280 g/mol. The predicted molar refractivity (Wildman–Crippen MR) is 71.5 cm³/mol. The summed E-state index contributed by atoms with van der Waals surface area (Å²) in [6, 6.07) is 10.5. The van der Waals surface area contributed by atoms with E-state index in [-0.39, 0.29) is 5.60 Å². The van der Waals surface area contributed by atoms with Gasteiger partial charge in [0.15, 0.2) is 0 Å². The van der Waals surface area contributed by atoms with Crippen LogP contribution in [0.15, 0.2) is 34.8 Å². The van der Waals surface area contributed by atoms with Crippen molar-refractivity contribution in [2.75, 3.05) is 13.7 Å². The molecule has 0 bridgehead atoms. The van der Waals surface area contributed by atoms with E-state index in [1.165, 1.54) is 10.9 Å². The Morgan fingerprint density at radius 1 is 1.29 bits per heavy atom. The minimum absolute atomic E-state index is 0.0689. The molecule has 2 nitrogen and oxygen atoms in total. The lowest BCUT2D eigenvalue weighted by Crippen LogP contribution is -2.01. The number of hydrogen-bond acceptors (Lipinski definition) is 2. The van der Waals surface area contributed by atoms with E-state index in [0.717, 1.165) is 22.2 Å². The normalized spacial score (nSPS) is 22.8. The summed E-state index contributed by atoms with van der Waals surface area (Å²) in [4.78, 5) is 0. The van der Waals surface area contributed by atoms with Crippen molar-refractivity contribution in [2.24, 2.45) is 0 Å². The van der Waals surface area contributed by atoms with E-state index in [0.29, 0.717) is 0 Å². The maximum absolute atomic E-state index is 5.47. The van der Waals surface area contributed by atoms with Crippen LogP contribution in [0.2, 0.25) is 0 Å². The fourth-order valence-electron chi connectivity index (χ4n) is 2.03. The van der Waals surface area contributed by atoms with Crippen LogP contribution in [0.25, 0.3) is 10.8 Å². The molecule has 2 aromatic carbocycles. The number of benzene rings is 2. The highest BCUT2D eigenvalue weighted by molar-refractivity contribution is 9.10. The topological polar surface area (TPSA) is 21.8 Å². The molecule has 1 heterocycles. The Bertz CT molecular complexity index is 588. The fourth-order valence-corrected chi connectivity index (χ4v) is 2.69. The molecule has 1 fully saturated rings. The number of epoxide rings is 1. The summed E-state index contributed by atoms with van der Waals surface area (Å²) in [5, 5.41) is 2.37. The maximum atomic E-state index is 5.47. The second kappa shape index (κ2) is 3.72. The summed E-state index contributed by atoms with van der Waals surface area (Å²) in [5.41, 5.74) is 1.17. The summed E-state index contributed by atoms with van der Waals surface area (Å²) in [7, 11) is 1.68. The van der Waals surface area contributed by atoms with E-state index < -0.39 is 0 Å². The van der Waals surface area contributed by atoms with Crippen molar-refractivity contribution in [2.45, 2.75) is 12.5 Å². The molecule has 3 rings (SSSR count). The van der Waals surface area contributed by atoms with Crippen molar-refractivity contribution in [3.63, 3.8) is 0 Å². The fraction of sp³-hybridized carbons (Fsp3) is 0.286. The van der Waals surface area contributed by atoms with Gasteiger partial charge >= 0.3 is 0 Å². The van der Waals surface area contributed by atoms with Gasteiger partial charge in [-0.3, -0.25) is 0 Å². The summed E-state index contributed by atoms with van der Waals surface area (Å²) in [5.74, 6) is 0.860. The van der Waals surface area contributed by atoms with Gasteiger partial charge in [0.1, 0.15) is 11.4 Å². The molecule has 0 saturated carbocycles. The molecule has 1 atom stereocenters. The summed E-state index contributed by atoms with van der Waals surface area (Å²) < 4.78 is 11.8. The molecule has 3 heteroatoms. The van der Waals surface area contributed by atoms with Gasteiger partial charge in [-0.1, -0.05) is 18.2 Å². The number of fused-ring (bicyclic) bond motifs is 1. The molecular formula is C14H13BrO2. The third-order valence-electron chi connectivity index (χ3n) is 3.33. The van der Waals surface area contributed by atoms with Gasteiger partial charge in [-0.2, -0.15) is 0 Å². The Morgan fingerprint density at radius 2 is 2.06 bits per heavy atom. The van der Waals surface area contributed by atoms with Crippen LogP contribution >= 0.6 is 15.9 Å². The number of halogens is 1. The molecule has 0 radical (unpaired) electrons. The SMILES string of the molecule is COc1ccc2cc(C3(C)CO3)ccc2c1Br. The first kappa shape index (κ1) is 11.1. The van der Waals surface area contributed by atoms with Crippen molar-refractivity contribution >= 4 is 26.7 Å². The smallest absolute Gasteiger partial charge is 0.133 e. The molecule has 1 aliphatic rings. The van der Waals surface area contributed by atoms with E-state index >= 15 is 0 Å². The van der Waals surface area contributed by atoms with E-state index in [9.17, 15) is 0 Å². The van der Waals surface area contributed by atoms with Crippen LogP contribution < -0.4 is 4.74 Å². The van der Waals surface area contributed by atoms with Gasteiger partial charge < -0.3 is 9.47 Å². The van der Waals surface area contributed by atoms with Crippen molar-refractivity contribution in [1.82, 2.24) is 0 Å². The molecule has 0 aliphatic carbocycles. The van der Waals surface area contributed by atoms with Crippen LogP contribution in [-0.2, 0) is 10.3 Å². The van der Waals surface area contributed by atoms with Gasteiger partial charge in [-0.15, -0.1) is 0 Å². The third-order valence-corrected chi connectivity index (χ3v) is 4.14. The Morgan fingerprint density at radius 3 is 2.71 bits per heavy atom. The zero-order chi connectivity index (χ0) is 12.0. The average molecular weight is 293 g/mol. The Hall–Kier alpha value is -1.06. The maximum Gasteiger partial charge on any atom is 0.133 e. The van der Waals surface area contributed by atoms with Crippen LogP contribution in [0.1, 0.15) is 12.5 Å². The monoisotopic (exact) mass is 292 g/mol. The van der Waals surface area contributed by atoms with Crippen LogP contribution in [0.3, 0.4) is 0 Å². The Balaban J connectivity index is 2.18. The van der Waals surface area contributed by atoms with Gasteiger partial charge in [0.05, 0.1) is 18.2 Å². The lowest BCUT2D eigenvalue weighted by atomic mass is 9.98. The number of ether oxygens (including phenoxy) is 2. The van der Waals surface area contributed by atoms with Crippen LogP contribution in [0.5, 0.6) is 5.75 Å². The quantitative estimate of drug-likeness (QED) is 0.784. The molecule has 1 unspecified atom stereocenters. The first-order chi connectivity index (χ1) is 8.14. The van der Waals surface area contributed by atoms with Crippen LogP contribution in [0.4, 0.5) is 0 Å². The molecule has 0 spiro atoms. The van der Waals surface area contributed by atoms with Crippen LogP contribution in [-0.4, -0.2) is 13.7 Å². The van der Waals surface area contributed by atoms with Crippen molar-refractivity contribution in [3.05, 3.63) is 40.4 Å². The molecule has 1 aliphatic heterocycles. The average Bonchev–Trinajstić information content (AvgIpc) is 3.09. The third kappa shape index (κ3) is 1.74. The molecule has 0 aromatic heterocycles. The molecule has 0 amide bonds. The van der Waals surface area contributed by atoms with Gasteiger partial charge in [-0.05, 0) is 51.3 Å². The highest BCUT2D eigenvalue weighted by Crippen LogP contribution is 2.40. The summed E-state index contributed by atoms with van der Waals surface area (Å²) in [6.07, 6.45) is 0. The molecule has 88 valence electrons. The van der Waals surface area contributed by atoms with Gasteiger partial charge in [0, 0.05) is 0 Å². The Labute approximate surface area is 109 Å². The number of methoxy groups -OCH3 is 1. The van der Waals surface area contributed by atoms with Crippen LogP contribution in [0, 0.1) is 0 Å². The lowest BCUT2D eigenvalue weighted by molar-refractivity contribution is 0.330. The second-order valence-electron chi connectivity index (χ2n) is 4.54. The summed E-state index contributed by atoms with van der Waals surface area (Å²) in [6.45, 7) is 2.93. The highest BCUT2D eigenvalue weighted by Gasteiger charge is 2.41. The second-order valence-corrected chi connectivity index (χ2v) is 5.33. The molecule has 2 aromatic rings. The summed E-state index contributed by atoms with van der Waals surface area (Å²) >= 11 is 3.58. The minimum atomic E-state index is -0.0689. The van der Waals surface area contributed by atoms with Crippen molar-refractivity contribution in [1.29, 1.82) is 0 Å². The predicted octanol–water partition coefficient (Wildman–Crippen LogP) is 3.86. The zero-order valence-electron chi connectivity index (χ0n) is 9.79. The number of rotatable bonds is 2. The van der Waals surface area contributed by atoms with Gasteiger partial charge in [0.25, 0.3) is 0 Å².